The van der Waals surface area contributed by atoms with E-state index in [1.165, 1.54) is 25.7 Å². The molecule has 0 spiro atoms. The van der Waals surface area contributed by atoms with Crippen molar-refractivity contribution in [3.63, 3.8) is 0 Å². The second-order valence-electron chi connectivity index (χ2n) is 6.18. The molecule has 18 heavy (non-hydrogen) atoms. The Bertz CT molecular complexity index is 315. The number of morpholine rings is 1. The average Bonchev–Trinajstić information content (AvgIpc) is 3.02. The van der Waals surface area contributed by atoms with Crippen molar-refractivity contribution in [2.24, 2.45) is 17.8 Å². The molecule has 0 aromatic rings. The van der Waals surface area contributed by atoms with E-state index in [-0.39, 0.29) is 6.03 Å². The van der Waals surface area contributed by atoms with E-state index in [2.05, 4.69) is 12.2 Å². The van der Waals surface area contributed by atoms with Crippen molar-refractivity contribution in [1.82, 2.24) is 10.2 Å². The van der Waals surface area contributed by atoms with Gasteiger partial charge in [0.1, 0.15) is 0 Å². The number of amides is 2. The number of urea groups is 1. The minimum Gasteiger partial charge on any atom is -0.378 e. The number of carbonyl (C=O) groups is 1. The predicted octanol–water partition coefficient (Wildman–Crippen LogP) is 1.85. The van der Waals surface area contributed by atoms with Gasteiger partial charge in [-0.05, 0) is 43.9 Å². The zero-order valence-corrected chi connectivity index (χ0v) is 11.2. The van der Waals surface area contributed by atoms with Crippen LogP contribution in [0, 0.1) is 17.8 Å². The van der Waals surface area contributed by atoms with Gasteiger partial charge in [-0.2, -0.15) is 0 Å². The second-order valence-corrected chi connectivity index (χ2v) is 6.18. The van der Waals surface area contributed by atoms with Gasteiger partial charge in [-0.25, -0.2) is 4.79 Å². The smallest absolute Gasteiger partial charge is 0.317 e. The van der Waals surface area contributed by atoms with Gasteiger partial charge in [0.05, 0.1) is 13.2 Å². The first-order valence-electron chi connectivity index (χ1n) is 7.37. The van der Waals surface area contributed by atoms with Crippen molar-refractivity contribution in [1.29, 1.82) is 0 Å². The van der Waals surface area contributed by atoms with Crippen LogP contribution in [0.4, 0.5) is 4.79 Å². The molecule has 2 bridgehead atoms. The molecule has 2 amide bonds. The van der Waals surface area contributed by atoms with Gasteiger partial charge in [-0.1, -0.05) is 6.42 Å². The number of rotatable bonds is 2. The summed E-state index contributed by atoms with van der Waals surface area (Å²) in [5, 5.41) is 3.21. The van der Waals surface area contributed by atoms with Crippen LogP contribution < -0.4 is 5.32 Å². The highest BCUT2D eigenvalue weighted by molar-refractivity contribution is 5.74. The van der Waals surface area contributed by atoms with Gasteiger partial charge in [0.2, 0.25) is 0 Å². The van der Waals surface area contributed by atoms with Crippen LogP contribution >= 0.6 is 0 Å². The van der Waals surface area contributed by atoms with Gasteiger partial charge in [0.15, 0.2) is 0 Å². The highest BCUT2D eigenvalue weighted by atomic mass is 16.5. The number of fused-ring (bicyclic) bond motifs is 2. The molecule has 102 valence electrons. The molecule has 4 nitrogen and oxygen atoms in total. The summed E-state index contributed by atoms with van der Waals surface area (Å²) in [5.41, 5.74) is 0. The fourth-order valence-electron chi connectivity index (χ4n) is 4.07. The Morgan fingerprint density at radius 1 is 1.28 bits per heavy atom. The third kappa shape index (κ3) is 2.35. The molecule has 1 saturated heterocycles. The Morgan fingerprint density at radius 3 is 2.67 bits per heavy atom. The highest BCUT2D eigenvalue weighted by Gasteiger charge is 2.42. The lowest BCUT2D eigenvalue weighted by molar-refractivity contribution is 0.0517. The van der Waals surface area contributed by atoms with Crippen LogP contribution in [0.25, 0.3) is 0 Å². The van der Waals surface area contributed by atoms with Crippen molar-refractivity contribution in [3.05, 3.63) is 0 Å². The molecule has 3 fully saturated rings. The van der Waals surface area contributed by atoms with E-state index in [4.69, 9.17) is 4.74 Å². The van der Waals surface area contributed by atoms with E-state index >= 15 is 0 Å². The van der Waals surface area contributed by atoms with E-state index in [1.54, 1.807) is 0 Å². The quantitative estimate of drug-likeness (QED) is 0.815. The molecule has 0 aromatic carbocycles. The van der Waals surface area contributed by atoms with Crippen LogP contribution in [-0.2, 0) is 4.74 Å². The summed E-state index contributed by atoms with van der Waals surface area (Å²) in [7, 11) is 0. The number of nitrogens with zero attached hydrogens (tertiary/aromatic N) is 1. The first-order valence-corrected chi connectivity index (χ1v) is 7.37. The summed E-state index contributed by atoms with van der Waals surface area (Å²) in [4.78, 5) is 14.0. The summed E-state index contributed by atoms with van der Waals surface area (Å²) in [6.07, 6.45) is 5.54. The summed E-state index contributed by atoms with van der Waals surface area (Å²) in [6, 6.07) is 0.434. The zero-order chi connectivity index (χ0) is 12.5. The Hall–Kier alpha value is -0.770. The first kappa shape index (κ1) is 12.3. The lowest BCUT2D eigenvalue weighted by Gasteiger charge is -2.32. The molecule has 4 unspecified atom stereocenters. The number of hydrogen-bond acceptors (Lipinski definition) is 2. The van der Waals surface area contributed by atoms with Gasteiger partial charge < -0.3 is 15.0 Å². The number of nitrogens with one attached hydrogen (secondary N) is 1. The molecule has 1 N–H and O–H groups in total. The van der Waals surface area contributed by atoms with E-state index in [0.717, 1.165) is 24.9 Å². The maximum Gasteiger partial charge on any atom is 0.317 e. The highest BCUT2D eigenvalue weighted by Crippen LogP contribution is 2.49. The third-order valence-electron chi connectivity index (χ3n) is 5.08. The van der Waals surface area contributed by atoms with Gasteiger partial charge >= 0.3 is 6.03 Å². The maximum atomic E-state index is 12.1. The van der Waals surface area contributed by atoms with E-state index in [9.17, 15) is 4.79 Å². The lowest BCUT2D eigenvalue weighted by Crippen LogP contribution is -2.50. The SMILES string of the molecule is CC(NC(=O)N1CCOCC1)C1CC2CCC1C2. The largest absolute Gasteiger partial charge is 0.378 e. The van der Waals surface area contributed by atoms with Crippen LogP contribution in [0.15, 0.2) is 0 Å². The summed E-state index contributed by atoms with van der Waals surface area (Å²) in [5.74, 6) is 2.53. The molecular formula is C14H24N2O2. The van der Waals surface area contributed by atoms with Gasteiger partial charge in [0, 0.05) is 19.1 Å². The van der Waals surface area contributed by atoms with Crippen LogP contribution in [0.1, 0.15) is 32.6 Å². The third-order valence-corrected chi connectivity index (χ3v) is 5.08. The Kier molecular flexibility index (Phi) is 3.46. The standard InChI is InChI=1S/C14H24N2O2/c1-10(13-9-11-2-3-12(13)8-11)15-14(17)16-4-6-18-7-5-16/h10-13H,2-9H2,1H3,(H,15,17). The van der Waals surface area contributed by atoms with E-state index in [0.29, 0.717) is 25.2 Å². The molecule has 4 heteroatoms. The predicted molar refractivity (Wildman–Crippen MR) is 69.3 cm³/mol. The average molecular weight is 252 g/mol. The van der Waals surface area contributed by atoms with Gasteiger partial charge in [-0.15, -0.1) is 0 Å². The molecule has 4 atom stereocenters. The van der Waals surface area contributed by atoms with Crippen molar-refractivity contribution in [2.75, 3.05) is 26.3 Å². The maximum absolute atomic E-state index is 12.1. The normalized spacial score (nSPS) is 36.7. The van der Waals surface area contributed by atoms with Crippen molar-refractivity contribution in [3.8, 4) is 0 Å². The monoisotopic (exact) mass is 252 g/mol. The van der Waals surface area contributed by atoms with Crippen LogP contribution in [-0.4, -0.2) is 43.3 Å². The van der Waals surface area contributed by atoms with Crippen molar-refractivity contribution >= 4 is 6.03 Å². The summed E-state index contributed by atoms with van der Waals surface area (Å²) < 4.78 is 5.27. The fourth-order valence-corrected chi connectivity index (χ4v) is 4.07. The van der Waals surface area contributed by atoms with Gasteiger partial charge in [-0.3, -0.25) is 0 Å². The lowest BCUT2D eigenvalue weighted by atomic mass is 9.84. The Balaban J connectivity index is 1.51. The molecule has 0 radical (unpaired) electrons. The first-order chi connectivity index (χ1) is 8.74. The van der Waals surface area contributed by atoms with Crippen LogP contribution in [0.3, 0.4) is 0 Å². The molecular weight excluding hydrogens is 228 g/mol. The van der Waals surface area contributed by atoms with Crippen molar-refractivity contribution < 1.29 is 9.53 Å². The Morgan fingerprint density at radius 2 is 2.06 bits per heavy atom. The molecule has 1 heterocycles. The molecule has 3 aliphatic rings. The van der Waals surface area contributed by atoms with Crippen molar-refractivity contribution in [2.45, 2.75) is 38.6 Å². The molecule has 0 aromatic heterocycles. The van der Waals surface area contributed by atoms with E-state index < -0.39 is 0 Å². The molecule has 3 rings (SSSR count). The molecule has 2 saturated carbocycles. The van der Waals surface area contributed by atoms with Gasteiger partial charge in [0.25, 0.3) is 0 Å². The fraction of sp³-hybridized carbons (Fsp3) is 0.929. The minimum absolute atomic E-state index is 0.105. The van der Waals surface area contributed by atoms with E-state index in [1.807, 2.05) is 4.90 Å². The summed E-state index contributed by atoms with van der Waals surface area (Å²) in [6.45, 7) is 5.00. The minimum atomic E-state index is 0.105. The Labute approximate surface area is 109 Å². The topological polar surface area (TPSA) is 41.6 Å². The number of hydrogen-bond donors (Lipinski definition) is 1. The number of ether oxygens (including phenoxy) is 1. The van der Waals surface area contributed by atoms with Crippen LogP contribution in [0.5, 0.6) is 0 Å². The molecule has 1 aliphatic heterocycles. The zero-order valence-electron chi connectivity index (χ0n) is 11.2. The summed E-state index contributed by atoms with van der Waals surface area (Å²) >= 11 is 0. The molecule has 2 aliphatic carbocycles. The van der Waals surface area contributed by atoms with Crippen LogP contribution in [0.2, 0.25) is 0 Å². The second kappa shape index (κ2) is 5.08. The number of carbonyl (C=O) groups excluding carboxylic acids is 1.